The van der Waals surface area contributed by atoms with Crippen molar-refractivity contribution in [2.45, 2.75) is 63.5 Å². The van der Waals surface area contributed by atoms with Crippen molar-refractivity contribution in [3.05, 3.63) is 33.8 Å². The largest absolute Gasteiger partial charge is 0.444 e. The lowest BCUT2D eigenvalue weighted by Crippen LogP contribution is -2.62. The highest BCUT2D eigenvalue weighted by molar-refractivity contribution is 6.42. The van der Waals surface area contributed by atoms with Crippen LogP contribution in [0.25, 0.3) is 0 Å². The maximum absolute atomic E-state index is 14.3. The number of piperidine rings is 1. The van der Waals surface area contributed by atoms with Crippen LogP contribution in [0.1, 0.15) is 57.9 Å². The minimum atomic E-state index is -1.05. The molecule has 0 unspecified atom stereocenters. The molecule has 6 nitrogen and oxygen atoms in total. The van der Waals surface area contributed by atoms with Gasteiger partial charge in [-0.05, 0) is 83.2 Å². The van der Waals surface area contributed by atoms with Crippen LogP contribution in [0.2, 0.25) is 10.0 Å². The summed E-state index contributed by atoms with van der Waals surface area (Å²) in [6.07, 6.45) is 3.83. The first-order chi connectivity index (χ1) is 16.0. The molecule has 188 valence electrons. The van der Waals surface area contributed by atoms with Gasteiger partial charge in [0.05, 0.1) is 10.0 Å². The Morgan fingerprint density at radius 2 is 1.82 bits per heavy atom. The number of amides is 1. The number of rotatable bonds is 6. The lowest BCUT2D eigenvalue weighted by molar-refractivity contribution is -0.136. The van der Waals surface area contributed by atoms with Crippen LogP contribution in [-0.4, -0.2) is 72.6 Å². The van der Waals surface area contributed by atoms with Gasteiger partial charge in [-0.1, -0.05) is 29.3 Å². The minimum Gasteiger partial charge on any atom is -0.444 e. The van der Waals surface area contributed by atoms with Crippen molar-refractivity contribution in [3.8, 4) is 0 Å². The van der Waals surface area contributed by atoms with Crippen molar-refractivity contribution in [1.82, 2.24) is 15.1 Å². The third-order valence-corrected chi connectivity index (χ3v) is 8.27. The zero-order valence-corrected chi connectivity index (χ0v) is 22.2. The van der Waals surface area contributed by atoms with E-state index in [2.05, 4.69) is 10.2 Å². The topological polar surface area (TPSA) is 61.9 Å². The Kier molecular flexibility index (Phi) is 7.54. The van der Waals surface area contributed by atoms with E-state index < -0.39 is 17.2 Å². The second kappa shape index (κ2) is 9.96. The number of ether oxygens (including phenoxy) is 1. The third-order valence-electron chi connectivity index (χ3n) is 7.53. The van der Waals surface area contributed by atoms with E-state index in [0.29, 0.717) is 23.1 Å². The second-order valence-electron chi connectivity index (χ2n) is 11.2. The van der Waals surface area contributed by atoms with Gasteiger partial charge in [-0.3, -0.25) is 9.69 Å². The molecule has 2 heterocycles. The summed E-state index contributed by atoms with van der Waals surface area (Å²) >= 11 is 12.5. The molecule has 2 aliphatic heterocycles. The molecule has 1 saturated carbocycles. The summed E-state index contributed by atoms with van der Waals surface area (Å²) in [5.74, 6) is 0.616. The monoisotopic (exact) mass is 509 g/mol. The predicted molar refractivity (Wildman–Crippen MR) is 136 cm³/mol. The molecule has 2 atom stereocenters. The summed E-state index contributed by atoms with van der Waals surface area (Å²) in [6.45, 7) is 9.49. The molecule has 4 rings (SSSR count). The van der Waals surface area contributed by atoms with Crippen LogP contribution in [-0.2, 0) is 9.53 Å². The molecule has 3 aliphatic rings. The molecule has 1 N–H and O–H groups in total. The molecular formula is C26H37Cl2N3O3. The maximum Gasteiger partial charge on any atom is 0.410 e. The maximum atomic E-state index is 14.3. The van der Waals surface area contributed by atoms with Gasteiger partial charge in [0.15, 0.2) is 5.78 Å². The third kappa shape index (κ3) is 5.40. The van der Waals surface area contributed by atoms with Gasteiger partial charge in [0, 0.05) is 38.5 Å². The van der Waals surface area contributed by atoms with Crippen LogP contribution < -0.4 is 5.32 Å². The molecule has 8 heteroatoms. The SMILES string of the molecule is CN(C(=O)OC(C)(C)C)[C@@]1(C(=O)C2CCN(CC3CC3)CC2)CNC[C@@H]1c1ccc(Cl)c(Cl)c1. The Morgan fingerprint density at radius 3 is 2.41 bits per heavy atom. The van der Waals surface area contributed by atoms with Gasteiger partial charge >= 0.3 is 6.09 Å². The van der Waals surface area contributed by atoms with Crippen LogP contribution in [0.3, 0.4) is 0 Å². The van der Waals surface area contributed by atoms with E-state index in [1.807, 2.05) is 32.9 Å². The molecular weight excluding hydrogens is 473 g/mol. The molecule has 0 radical (unpaired) electrons. The molecule has 1 aromatic carbocycles. The normalized spacial score (nSPS) is 26.5. The zero-order valence-electron chi connectivity index (χ0n) is 20.7. The fourth-order valence-electron chi connectivity index (χ4n) is 5.49. The van der Waals surface area contributed by atoms with E-state index >= 15 is 0 Å². The van der Waals surface area contributed by atoms with Crippen molar-refractivity contribution in [3.63, 3.8) is 0 Å². The molecule has 0 aromatic heterocycles. The van der Waals surface area contributed by atoms with E-state index in [-0.39, 0.29) is 17.6 Å². The molecule has 0 bridgehead atoms. The number of likely N-dealkylation sites (N-methyl/N-ethyl adjacent to an activating group) is 1. The number of halogens is 2. The summed E-state index contributed by atoms with van der Waals surface area (Å²) < 4.78 is 5.72. The van der Waals surface area contributed by atoms with Crippen molar-refractivity contribution in [2.24, 2.45) is 11.8 Å². The van der Waals surface area contributed by atoms with Crippen molar-refractivity contribution >= 4 is 35.1 Å². The van der Waals surface area contributed by atoms with Crippen LogP contribution >= 0.6 is 23.2 Å². The van der Waals surface area contributed by atoms with Crippen LogP contribution in [0.5, 0.6) is 0 Å². The van der Waals surface area contributed by atoms with E-state index in [9.17, 15) is 9.59 Å². The summed E-state index contributed by atoms with van der Waals surface area (Å²) in [4.78, 5) is 31.7. The summed E-state index contributed by atoms with van der Waals surface area (Å²) in [5.41, 5.74) is -0.813. The number of nitrogens with zero attached hydrogens (tertiary/aromatic N) is 2. The van der Waals surface area contributed by atoms with Crippen molar-refractivity contribution < 1.29 is 14.3 Å². The average Bonchev–Trinajstić information content (AvgIpc) is 3.48. The number of hydrogen-bond acceptors (Lipinski definition) is 5. The summed E-state index contributed by atoms with van der Waals surface area (Å²) in [5, 5.41) is 4.32. The first kappa shape index (κ1) is 25.7. The second-order valence-corrected chi connectivity index (χ2v) is 12.0. The van der Waals surface area contributed by atoms with Gasteiger partial charge in [-0.25, -0.2) is 4.79 Å². The van der Waals surface area contributed by atoms with Gasteiger partial charge in [-0.15, -0.1) is 0 Å². The van der Waals surface area contributed by atoms with Crippen molar-refractivity contribution in [1.29, 1.82) is 0 Å². The quantitative estimate of drug-likeness (QED) is 0.585. The van der Waals surface area contributed by atoms with Gasteiger partial charge < -0.3 is 15.0 Å². The van der Waals surface area contributed by atoms with Gasteiger partial charge in [0.1, 0.15) is 11.1 Å². The van der Waals surface area contributed by atoms with Crippen molar-refractivity contribution in [2.75, 3.05) is 39.8 Å². The highest BCUT2D eigenvalue weighted by Crippen LogP contribution is 2.42. The average molecular weight is 511 g/mol. The Balaban J connectivity index is 1.64. The fourth-order valence-corrected chi connectivity index (χ4v) is 5.79. The Hall–Kier alpha value is -1.34. The Morgan fingerprint density at radius 1 is 1.15 bits per heavy atom. The predicted octanol–water partition coefficient (Wildman–Crippen LogP) is 4.98. The Labute approximate surface area is 213 Å². The van der Waals surface area contributed by atoms with Crippen LogP contribution in [0.15, 0.2) is 18.2 Å². The molecule has 1 amide bonds. The summed E-state index contributed by atoms with van der Waals surface area (Å²) in [7, 11) is 1.70. The number of hydrogen-bond donors (Lipinski definition) is 1. The smallest absolute Gasteiger partial charge is 0.410 e. The molecule has 2 saturated heterocycles. The molecule has 34 heavy (non-hydrogen) atoms. The first-order valence-electron chi connectivity index (χ1n) is 12.4. The van der Waals surface area contributed by atoms with Crippen LogP contribution in [0.4, 0.5) is 4.79 Å². The number of Topliss-reactive ketones (excluding diaryl/α,β-unsaturated/α-hetero) is 1. The number of nitrogens with one attached hydrogen (secondary N) is 1. The highest BCUT2D eigenvalue weighted by Gasteiger charge is 2.56. The number of carbonyl (C=O) groups is 2. The molecule has 3 fully saturated rings. The van der Waals surface area contributed by atoms with E-state index in [4.69, 9.17) is 27.9 Å². The first-order valence-corrected chi connectivity index (χ1v) is 13.2. The van der Waals surface area contributed by atoms with Crippen LogP contribution in [0, 0.1) is 11.8 Å². The highest BCUT2D eigenvalue weighted by atomic mass is 35.5. The standard InChI is InChI=1S/C26H37Cl2N3O3/c1-25(2,3)34-24(33)30(4)26(16-29-14-20(26)19-7-8-21(27)22(28)13-19)23(32)18-9-11-31(12-10-18)15-17-5-6-17/h7-8,13,17-18,20,29H,5-6,9-12,14-16H2,1-4H3/t20-,26+/m1/s1. The van der Waals surface area contributed by atoms with E-state index in [0.717, 1.165) is 44.0 Å². The molecule has 0 spiro atoms. The van der Waals surface area contributed by atoms with E-state index in [1.54, 1.807) is 18.0 Å². The van der Waals surface area contributed by atoms with Gasteiger partial charge in [0.25, 0.3) is 0 Å². The zero-order chi connectivity index (χ0) is 24.7. The number of ketones is 1. The summed E-state index contributed by atoms with van der Waals surface area (Å²) in [6, 6.07) is 5.50. The van der Waals surface area contributed by atoms with E-state index in [1.165, 1.54) is 12.8 Å². The minimum absolute atomic E-state index is 0.0921. The van der Waals surface area contributed by atoms with Gasteiger partial charge in [0.2, 0.25) is 0 Å². The lowest BCUT2D eigenvalue weighted by Gasteiger charge is -2.44. The Bertz CT molecular complexity index is 922. The number of likely N-dealkylation sites (tertiary alicyclic amines) is 1. The fraction of sp³-hybridized carbons (Fsp3) is 0.692. The molecule has 1 aromatic rings. The number of carbonyl (C=O) groups excluding carboxylic acids is 2. The van der Waals surface area contributed by atoms with Gasteiger partial charge in [-0.2, -0.15) is 0 Å². The lowest BCUT2D eigenvalue weighted by atomic mass is 9.72. The number of benzene rings is 1. The molecule has 1 aliphatic carbocycles.